The first-order valence-corrected chi connectivity index (χ1v) is 5.45. The molecule has 2 rings (SSSR count). The van der Waals surface area contributed by atoms with E-state index in [0.717, 1.165) is 5.56 Å². The van der Waals surface area contributed by atoms with Gasteiger partial charge in [0.15, 0.2) is 0 Å². The quantitative estimate of drug-likeness (QED) is 0.660. The number of nitrogens with zero attached hydrogens (tertiary/aromatic N) is 3. The number of rotatable bonds is 4. The van der Waals surface area contributed by atoms with Gasteiger partial charge in [0.25, 0.3) is 5.69 Å². The second-order valence-corrected chi connectivity index (χ2v) is 3.79. The van der Waals surface area contributed by atoms with Gasteiger partial charge in [-0.1, -0.05) is 12.1 Å². The Kier molecular flexibility index (Phi) is 3.47. The first-order valence-electron chi connectivity index (χ1n) is 5.45. The van der Waals surface area contributed by atoms with Gasteiger partial charge in [-0.2, -0.15) is 0 Å². The molecule has 0 amide bonds. The minimum atomic E-state index is -0.408. The van der Waals surface area contributed by atoms with Crippen molar-refractivity contribution in [3.63, 3.8) is 0 Å². The lowest BCUT2D eigenvalue weighted by Crippen LogP contribution is -2.09. The van der Waals surface area contributed by atoms with Gasteiger partial charge in [-0.15, -0.1) is 0 Å². The third-order valence-corrected chi connectivity index (χ3v) is 2.49. The van der Waals surface area contributed by atoms with E-state index in [1.165, 1.54) is 6.07 Å². The van der Waals surface area contributed by atoms with Crippen LogP contribution in [0.1, 0.15) is 18.5 Å². The van der Waals surface area contributed by atoms with E-state index in [-0.39, 0.29) is 11.7 Å². The van der Waals surface area contributed by atoms with Gasteiger partial charge in [0.1, 0.15) is 0 Å². The Balaban J connectivity index is 2.16. The highest BCUT2D eigenvalue weighted by Crippen LogP contribution is 2.21. The fourth-order valence-corrected chi connectivity index (χ4v) is 1.56. The number of anilines is 1. The number of hydrogen-bond acceptors (Lipinski definition) is 5. The van der Waals surface area contributed by atoms with Gasteiger partial charge < -0.3 is 5.32 Å². The summed E-state index contributed by atoms with van der Waals surface area (Å²) in [6.07, 6.45) is 3.27. The van der Waals surface area contributed by atoms with Crippen LogP contribution in [0.25, 0.3) is 0 Å². The molecule has 0 radical (unpaired) electrons. The molecule has 0 saturated heterocycles. The summed E-state index contributed by atoms with van der Waals surface area (Å²) in [6.45, 7) is 1.90. The Bertz CT molecular complexity index is 545. The van der Waals surface area contributed by atoms with Crippen molar-refractivity contribution in [1.82, 2.24) is 9.97 Å². The summed E-state index contributed by atoms with van der Waals surface area (Å²) in [5, 5.41) is 13.8. The molecule has 0 aliphatic carbocycles. The maximum atomic E-state index is 10.7. The summed E-state index contributed by atoms with van der Waals surface area (Å²) in [5.74, 6) is 0.497. The van der Waals surface area contributed by atoms with Crippen molar-refractivity contribution in [3.8, 4) is 0 Å². The zero-order chi connectivity index (χ0) is 13.0. The maximum Gasteiger partial charge on any atom is 0.269 e. The van der Waals surface area contributed by atoms with E-state index in [1.807, 2.05) is 13.0 Å². The molecular formula is C12H12N4O2. The van der Waals surface area contributed by atoms with Crippen molar-refractivity contribution in [2.45, 2.75) is 13.0 Å². The Morgan fingerprint density at radius 2 is 2.00 bits per heavy atom. The monoisotopic (exact) mass is 244 g/mol. The van der Waals surface area contributed by atoms with Crippen LogP contribution in [0.4, 0.5) is 11.6 Å². The van der Waals surface area contributed by atoms with Crippen molar-refractivity contribution in [2.24, 2.45) is 0 Å². The molecule has 0 bridgehead atoms. The van der Waals surface area contributed by atoms with Crippen molar-refractivity contribution in [2.75, 3.05) is 5.32 Å². The summed E-state index contributed by atoms with van der Waals surface area (Å²) in [4.78, 5) is 18.4. The summed E-state index contributed by atoms with van der Waals surface area (Å²) in [5.41, 5.74) is 0.895. The van der Waals surface area contributed by atoms with Gasteiger partial charge in [-0.3, -0.25) is 10.1 Å². The Hall–Kier alpha value is -2.50. The third-order valence-electron chi connectivity index (χ3n) is 2.49. The van der Waals surface area contributed by atoms with Crippen LogP contribution in [-0.4, -0.2) is 14.9 Å². The van der Waals surface area contributed by atoms with Gasteiger partial charge in [-0.25, -0.2) is 9.97 Å². The van der Waals surface area contributed by atoms with E-state index in [2.05, 4.69) is 15.3 Å². The second-order valence-electron chi connectivity index (χ2n) is 3.79. The SMILES string of the molecule is CC(Nc1ncccn1)c1cccc([N+](=O)[O-])c1. The van der Waals surface area contributed by atoms with E-state index in [9.17, 15) is 10.1 Å². The van der Waals surface area contributed by atoms with Crippen LogP contribution < -0.4 is 5.32 Å². The third kappa shape index (κ3) is 2.79. The zero-order valence-electron chi connectivity index (χ0n) is 9.78. The fraction of sp³-hybridized carbons (Fsp3) is 0.167. The minimum Gasteiger partial charge on any atom is -0.348 e. The lowest BCUT2D eigenvalue weighted by atomic mass is 10.1. The Morgan fingerprint density at radius 3 is 2.67 bits per heavy atom. The second kappa shape index (κ2) is 5.22. The van der Waals surface area contributed by atoms with Crippen LogP contribution in [-0.2, 0) is 0 Å². The highest BCUT2D eigenvalue weighted by Gasteiger charge is 2.11. The van der Waals surface area contributed by atoms with Gasteiger partial charge >= 0.3 is 0 Å². The summed E-state index contributed by atoms with van der Waals surface area (Å²) >= 11 is 0. The first-order chi connectivity index (χ1) is 8.66. The molecule has 1 aromatic carbocycles. The fourth-order valence-electron chi connectivity index (χ4n) is 1.56. The lowest BCUT2D eigenvalue weighted by Gasteiger charge is -2.13. The Morgan fingerprint density at radius 1 is 1.28 bits per heavy atom. The van der Waals surface area contributed by atoms with E-state index < -0.39 is 4.92 Å². The number of nitro benzene ring substituents is 1. The maximum absolute atomic E-state index is 10.7. The highest BCUT2D eigenvalue weighted by molar-refractivity contribution is 5.38. The number of non-ortho nitro benzene ring substituents is 1. The molecular weight excluding hydrogens is 232 g/mol. The highest BCUT2D eigenvalue weighted by atomic mass is 16.6. The van der Waals surface area contributed by atoms with Gasteiger partial charge in [0.2, 0.25) is 5.95 Å². The number of benzene rings is 1. The van der Waals surface area contributed by atoms with Crippen molar-refractivity contribution in [3.05, 3.63) is 58.4 Å². The van der Waals surface area contributed by atoms with E-state index >= 15 is 0 Å². The zero-order valence-corrected chi connectivity index (χ0v) is 9.78. The van der Waals surface area contributed by atoms with Crippen LogP contribution in [0.15, 0.2) is 42.7 Å². The molecule has 6 heteroatoms. The minimum absolute atomic E-state index is 0.0788. The van der Waals surface area contributed by atoms with E-state index in [4.69, 9.17) is 0 Å². The summed E-state index contributed by atoms with van der Waals surface area (Å²) in [7, 11) is 0. The molecule has 0 aliphatic heterocycles. The van der Waals surface area contributed by atoms with Gasteiger partial charge in [0, 0.05) is 24.5 Å². The molecule has 0 saturated carbocycles. The molecule has 1 unspecified atom stereocenters. The van der Waals surface area contributed by atoms with Crippen molar-refractivity contribution < 1.29 is 4.92 Å². The molecule has 6 nitrogen and oxygen atoms in total. The van der Waals surface area contributed by atoms with Crippen molar-refractivity contribution in [1.29, 1.82) is 0 Å². The Labute approximate surface area is 104 Å². The van der Waals surface area contributed by atoms with Gasteiger partial charge in [-0.05, 0) is 18.6 Å². The van der Waals surface area contributed by atoms with Crippen LogP contribution in [0.3, 0.4) is 0 Å². The average molecular weight is 244 g/mol. The predicted octanol–water partition coefficient (Wildman–Crippen LogP) is 2.56. The van der Waals surface area contributed by atoms with Gasteiger partial charge in [0.05, 0.1) is 11.0 Å². The molecule has 1 atom stereocenters. The topological polar surface area (TPSA) is 81.0 Å². The van der Waals surface area contributed by atoms with E-state index in [0.29, 0.717) is 5.95 Å². The number of hydrogen-bond donors (Lipinski definition) is 1. The van der Waals surface area contributed by atoms with E-state index in [1.54, 1.807) is 30.6 Å². The normalized spacial score (nSPS) is 11.8. The molecule has 1 N–H and O–H groups in total. The van der Waals surface area contributed by atoms with Crippen LogP contribution >= 0.6 is 0 Å². The number of aromatic nitrogens is 2. The molecule has 18 heavy (non-hydrogen) atoms. The standard InChI is InChI=1S/C12H12N4O2/c1-9(15-12-13-6-3-7-14-12)10-4-2-5-11(8-10)16(17)18/h2-9H,1H3,(H,13,14,15). The number of nitro groups is 1. The lowest BCUT2D eigenvalue weighted by molar-refractivity contribution is -0.384. The molecule has 1 heterocycles. The van der Waals surface area contributed by atoms with Crippen LogP contribution in [0, 0.1) is 10.1 Å². The summed E-state index contributed by atoms with van der Waals surface area (Å²) < 4.78 is 0. The molecule has 1 aromatic heterocycles. The van der Waals surface area contributed by atoms with Crippen LogP contribution in [0.2, 0.25) is 0 Å². The molecule has 0 fully saturated rings. The molecule has 92 valence electrons. The number of nitrogens with one attached hydrogen (secondary N) is 1. The average Bonchev–Trinajstić information content (AvgIpc) is 2.40. The molecule has 0 spiro atoms. The first kappa shape index (κ1) is 12.0. The van der Waals surface area contributed by atoms with Crippen LogP contribution in [0.5, 0.6) is 0 Å². The molecule has 2 aromatic rings. The predicted molar refractivity (Wildman–Crippen MR) is 67.2 cm³/mol. The molecule has 0 aliphatic rings. The van der Waals surface area contributed by atoms with Crippen molar-refractivity contribution >= 4 is 11.6 Å². The summed E-state index contributed by atoms with van der Waals surface area (Å²) in [6, 6.07) is 8.12. The largest absolute Gasteiger partial charge is 0.348 e. The smallest absolute Gasteiger partial charge is 0.269 e.